The van der Waals surface area contributed by atoms with E-state index in [9.17, 15) is 19.1 Å². The lowest BCUT2D eigenvalue weighted by molar-refractivity contribution is -0.142. The minimum atomic E-state index is -0.861. The third-order valence-corrected chi connectivity index (χ3v) is 5.82. The van der Waals surface area contributed by atoms with Crippen molar-refractivity contribution in [3.8, 4) is 0 Å². The zero-order valence-corrected chi connectivity index (χ0v) is 19.0. The highest BCUT2D eigenvalue weighted by Gasteiger charge is 2.35. The number of aryl methyl sites for hydroxylation is 1. The van der Waals surface area contributed by atoms with Gasteiger partial charge in [0, 0.05) is 45.9 Å². The number of hydrogen-bond donors (Lipinski definition) is 2. The number of nitrogens with one attached hydrogen (secondary N) is 1. The Labute approximate surface area is 187 Å². The Bertz CT molecular complexity index is 945. The summed E-state index contributed by atoms with van der Waals surface area (Å²) >= 11 is 0. The number of hydrogen-bond acceptors (Lipinski definition) is 5. The van der Waals surface area contributed by atoms with Crippen LogP contribution in [0.4, 0.5) is 4.39 Å². The van der Waals surface area contributed by atoms with E-state index >= 15 is 0 Å². The summed E-state index contributed by atoms with van der Waals surface area (Å²) in [5.74, 6) is -1.57. The molecule has 3 rings (SSSR count). The number of carbonyl (C=O) groups excluding carboxylic acids is 1. The van der Waals surface area contributed by atoms with Crippen molar-refractivity contribution in [2.24, 2.45) is 11.8 Å². The first kappa shape index (κ1) is 24.1. The average Bonchev–Trinajstić information content (AvgIpc) is 3.12. The molecule has 1 aromatic heterocycles. The van der Waals surface area contributed by atoms with E-state index in [2.05, 4.69) is 10.3 Å². The quantitative estimate of drug-likeness (QED) is 0.543. The molecule has 1 aliphatic rings. The summed E-state index contributed by atoms with van der Waals surface area (Å²) in [6.45, 7) is 6.58. The summed E-state index contributed by atoms with van der Waals surface area (Å²) in [4.78, 5) is 31.6. The number of carbonyl (C=O) groups is 2. The normalized spacial score (nSPS) is 18.9. The number of piperidine rings is 1. The molecule has 176 valence electrons. The van der Waals surface area contributed by atoms with E-state index in [0.717, 1.165) is 12.8 Å². The van der Waals surface area contributed by atoms with Gasteiger partial charge in [-0.05, 0) is 43.4 Å². The van der Waals surface area contributed by atoms with Crippen LogP contribution < -0.4 is 5.32 Å². The van der Waals surface area contributed by atoms with Crippen molar-refractivity contribution >= 4 is 22.9 Å². The fraction of sp³-hybridized carbons (Fsp3) is 0.609. The first-order chi connectivity index (χ1) is 15.3. The summed E-state index contributed by atoms with van der Waals surface area (Å²) in [5.41, 5.74) is 1.15. The van der Waals surface area contributed by atoms with Crippen LogP contribution >= 0.6 is 0 Å². The number of ether oxygens (including phenoxy) is 1. The molecule has 0 spiro atoms. The van der Waals surface area contributed by atoms with Crippen LogP contribution in [0.2, 0.25) is 0 Å². The van der Waals surface area contributed by atoms with Gasteiger partial charge < -0.3 is 24.6 Å². The van der Waals surface area contributed by atoms with Gasteiger partial charge in [0.05, 0.1) is 17.0 Å². The lowest BCUT2D eigenvalue weighted by Gasteiger charge is -2.37. The van der Waals surface area contributed by atoms with Gasteiger partial charge in [-0.15, -0.1) is 0 Å². The van der Waals surface area contributed by atoms with Crippen LogP contribution in [0.3, 0.4) is 0 Å². The Morgan fingerprint density at radius 2 is 2.12 bits per heavy atom. The van der Waals surface area contributed by atoms with Gasteiger partial charge in [-0.25, -0.2) is 9.37 Å². The number of benzene rings is 1. The Morgan fingerprint density at radius 1 is 1.34 bits per heavy atom. The molecule has 1 amide bonds. The van der Waals surface area contributed by atoms with Gasteiger partial charge >= 0.3 is 5.97 Å². The van der Waals surface area contributed by atoms with E-state index in [0.29, 0.717) is 50.2 Å². The third-order valence-electron chi connectivity index (χ3n) is 5.82. The van der Waals surface area contributed by atoms with E-state index < -0.39 is 11.9 Å². The van der Waals surface area contributed by atoms with E-state index in [1.165, 1.54) is 12.1 Å². The number of carboxylic acids is 1. The minimum Gasteiger partial charge on any atom is -0.481 e. The highest BCUT2D eigenvalue weighted by molar-refractivity contribution is 5.95. The fourth-order valence-corrected chi connectivity index (χ4v) is 4.27. The van der Waals surface area contributed by atoms with Crippen LogP contribution in [0.5, 0.6) is 0 Å². The molecule has 1 saturated heterocycles. The van der Waals surface area contributed by atoms with E-state index in [-0.39, 0.29) is 29.5 Å². The molecule has 0 saturated carbocycles. The Hall–Kier alpha value is -2.52. The summed E-state index contributed by atoms with van der Waals surface area (Å²) < 4.78 is 20.9. The van der Waals surface area contributed by atoms with E-state index in [4.69, 9.17) is 4.74 Å². The molecular weight excluding hydrogens is 415 g/mol. The standard InChI is InChI=1S/C23H33FN4O4/c1-15(2)14-28(18-10-16(23(30)31)12-25-13-18)22(29)21-26-19-7-6-17(24)11-20(19)27(21)8-4-5-9-32-3/h6-7,11,15-16,18,25H,4-5,8-10,12-14H2,1-3H3,(H,30,31)/t16-,18+/m1/s1. The monoisotopic (exact) mass is 448 g/mol. The minimum absolute atomic E-state index is 0.195. The molecule has 9 heteroatoms. The van der Waals surface area contributed by atoms with Gasteiger partial charge in [-0.1, -0.05) is 13.8 Å². The summed E-state index contributed by atoms with van der Waals surface area (Å²) in [7, 11) is 1.64. The predicted molar refractivity (Wildman–Crippen MR) is 119 cm³/mol. The number of amides is 1. The van der Waals surface area contributed by atoms with Gasteiger partial charge in [0.15, 0.2) is 5.82 Å². The molecule has 0 radical (unpaired) electrons. The molecule has 2 aromatic rings. The number of carboxylic acid groups (broad SMARTS) is 1. The highest BCUT2D eigenvalue weighted by atomic mass is 19.1. The number of aliphatic carboxylic acids is 1. The molecule has 2 heterocycles. The van der Waals surface area contributed by atoms with Crippen LogP contribution in [0.1, 0.15) is 43.7 Å². The second-order valence-corrected chi connectivity index (χ2v) is 8.85. The summed E-state index contributed by atoms with van der Waals surface area (Å²) in [6.07, 6.45) is 1.96. The number of rotatable bonds is 10. The smallest absolute Gasteiger partial charge is 0.307 e. The summed E-state index contributed by atoms with van der Waals surface area (Å²) in [6, 6.07) is 4.08. The fourth-order valence-electron chi connectivity index (χ4n) is 4.27. The second-order valence-electron chi connectivity index (χ2n) is 8.85. The van der Waals surface area contributed by atoms with E-state index in [1.54, 1.807) is 22.6 Å². The number of fused-ring (bicyclic) bond motifs is 1. The number of imidazole rings is 1. The number of aromatic nitrogens is 2. The molecular formula is C23H33FN4O4. The lowest BCUT2D eigenvalue weighted by atomic mass is 9.94. The molecule has 0 aliphatic carbocycles. The van der Waals surface area contributed by atoms with Crippen molar-refractivity contribution in [3.05, 3.63) is 29.8 Å². The zero-order valence-electron chi connectivity index (χ0n) is 19.0. The van der Waals surface area contributed by atoms with Gasteiger partial charge in [0.2, 0.25) is 0 Å². The van der Waals surface area contributed by atoms with Gasteiger partial charge in [-0.2, -0.15) is 0 Å². The number of unbranched alkanes of at least 4 members (excludes halogenated alkanes) is 1. The lowest BCUT2D eigenvalue weighted by Crippen LogP contribution is -2.53. The SMILES string of the molecule is COCCCCn1c(C(=O)N(CC(C)C)[C@@H]2CNC[C@H](C(=O)O)C2)nc2ccc(F)cc21. The maximum Gasteiger partial charge on any atom is 0.307 e. The van der Waals surface area contributed by atoms with Gasteiger partial charge in [0.25, 0.3) is 5.91 Å². The largest absolute Gasteiger partial charge is 0.481 e. The molecule has 0 unspecified atom stereocenters. The maximum atomic E-state index is 14.0. The topological polar surface area (TPSA) is 96.7 Å². The molecule has 2 N–H and O–H groups in total. The first-order valence-corrected chi connectivity index (χ1v) is 11.2. The van der Waals surface area contributed by atoms with Crippen molar-refractivity contribution < 1.29 is 23.8 Å². The molecule has 0 bridgehead atoms. The van der Waals surface area contributed by atoms with Gasteiger partial charge in [0.1, 0.15) is 5.82 Å². The first-order valence-electron chi connectivity index (χ1n) is 11.2. The van der Waals surface area contributed by atoms with Gasteiger partial charge in [-0.3, -0.25) is 9.59 Å². The molecule has 1 fully saturated rings. The van der Waals surface area contributed by atoms with Crippen molar-refractivity contribution in [1.82, 2.24) is 19.8 Å². The Balaban J connectivity index is 1.95. The van der Waals surface area contributed by atoms with Crippen LogP contribution in [0.15, 0.2) is 18.2 Å². The third kappa shape index (κ3) is 5.63. The van der Waals surface area contributed by atoms with Crippen molar-refractivity contribution in [2.75, 3.05) is 33.4 Å². The number of nitrogens with zero attached hydrogens (tertiary/aromatic N) is 3. The van der Waals surface area contributed by atoms with Crippen LogP contribution in [0, 0.1) is 17.7 Å². The molecule has 1 aromatic carbocycles. The van der Waals surface area contributed by atoms with Crippen molar-refractivity contribution in [2.45, 2.75) is 45.7 Å². The molecule has 2 atom stereocenters. The molecule has 1 aliphatic heterocycles. The highest BCUT2D eigenvalue weighted by Crippen LogP contribution is 2.24. The second kappa shape index (κ2) is 10.9. The molecule has 8 nitrogen and oxygen atoms in total. The molecule has 32 heavy (non-hydrogen) atoms. The van der Waals surface area contributed by atoms with Crippen LogP contribution in [0.25, 0.3) is 11.0 Å². The summed E-state index contributed by atoms with van der Waals surface area (Å²) in [5, 5.41) is 12.6. The van der Waals surface area contributed by atoms with Crippen molar-refractivity contribution in [3.63, 3.8) is 0 Å². The maximum absolute atomic E-state index is 14.0. The number of methoxy groups -OCH3 is 1. The predicted octanol–water partition coefficient (Wildman–Crippen LogP) is 2.76. The average molecular weight is 449 g/mol. The Morgan fingerprint density at radius 3 is 2.81 bits per heavy atom. The number of halogens is 1. The van der Waals surface area contributed by atoms with Crippen LogP contribution in [-0.2, 0) is 16.1 Å². The van der Waals surface area contributed by atoms with E-state index in [1.807, 2.05) is 13.8 Å². The zero-order chi connectivity index (χ0) is 23.3. The van der Waals surface area contributed by atoms with Crippen LogP contribution in [-0.4, -0.2) is 70.8 Å². The Kier molecular flexibility index (Phi) is 8.20. The van der Waals surface area contributed by atoms with Crippen molar-refractivity contribution in [1.29, 1.82) is 0 Å².